The van der Waals surface area contributed by atoms with Crippen molar-refractivity contribution >= 4 is 30.0 Å². The van der Waals surface area contributed by atoms with E-state index < -0.39 is 11.9 Å². The summed E-state index contributed by atoms with van der Waals surface area (Å²) in [6, 6.07) is 26.4. The fourth-order valence-electron chi connectivity index (χ4n) is 3.49. The van der Waals surface area contributed by atoms with Crippen molar-refractivity contribution in [3.63, 3.8) is 0 Å². The van der Waals surface area contributed by atoms with Gasteiger partial charge < -0.3 is 15.8 Å². The van der Waals surface area contributed by atoms with Crippen LogP contribution in [0, 0.1) is 0 Å². The molecule has 0 aromatic heterocycles. The number of hydrogen-bond donors (Lipinski definition) is 2. The first-order valence-corrected chi connectivity index (χ1v) is 11.8. The van der Waals surface area contributed by atoms with Crippen LogP contribution >= 0.6 is 0 Å². The highest BCUT2D eigenvalue weighted by molar-refractivity contribution is 6.05. The molecule has 0 saturated heterocycles. The van der Waals surface area contributed by atoms with Crippen LogP contribution in [0.2, 0.25) is 0 Å². The van der Waals surface area contributed by atoms with Gasteiger partial charge in [-0.15, -0.1) is 0 Å². The number of amides is 2. The summed E-state index contributed by atoms with van der Waals surface area (Å²) in [6.45, 7) is 9.66. The second kappa shape index (κ2) is 15.3. The van der Waals surface area contributed by atoms with Gasteiger partial charge in [0.15, 0.2) is 12.3 Å². The second-order valence-corrected chi connectivity index (χ2v) is 8.17. The smallest absolute Gasteiger partial charge is 0.250 e. The SMILES string of the molecule is C=C/C=C\C(=C)CNC(=O)C(C=O)N(C=O)c1ccccc1N.CC(c1ccccc1)c1ccccc1. The molecule has 0 radical (unpaired) electrons. The summed E-state index contributed by atoms with van der Waals surface area (Å²) in [7, 11) is 0. The van der Waals surface area contributed by atoms with Gasteiger partial charge in [-0.2, -0.15) is 0 Å². The van der Waals surface area contributed by atoms with Crippen LogP contribution in [0.4, 0.5) is 11.4 Å². The van der Waals surface area contributed by atoms with E-state index in [0.717, 1.165) is 4.90 Å². The number of rotatable bonds is 11. The molecule has 0 aliphatic carbocycles. The zero-order valence-electron chi connectivity index (χ0n) is 21.0. The minimum atomic E-state index is -1.31. The van der Waals surface area contributed by atoms with Crippen molar-refractivity contribution in [3.05, 3.63) is 133 Å². The molecule has 2 amide bonds. The number of benzene rings is 3. The maximum Gasteiger partial charge on any atom is 0.250 e. The average molecular weight is 496 g/mol. The van der Waals surface area contributed by atoms with Crippen molar-refractivity contribution < 1.29 is 14.4 Å². The number of nitrogens with one attached hydrogen (secondary N) is 1. The maximum absolute atomic E-state index is 12.2. The van der Waals surface area contributed by atoms with E-state index in [-0.39, 0.29) is 12.2 Å². The highest BCUT2D eigenvalue weighted by Gasteiger charge is 2.26. The Hall–Kier alpha value is -4.71. The maximum atomic E-state index is 12.2. The van der Waals surface area contributed by atoms with E-state index in [1.165, 1.54) is 11.1 Å². The third kappa shape index (κ3) is 8.78. The molecule has 3 rings (SSSR count). The van der Waals surface area contributed by atoms with Crippen LogP contribution in [-0.2, 0) is 14.4 Å². The molecular formula is C31H33N3O3. The van der Waals surface area contributed by atoms with Crippen molar-refractivity contribution in [3.8, 4) is 0 Å². The van der Waals surface area contributed by atoms with E-state index in [0.29, 0.717) is 29.9 Å². The number of para-hydroxylation sites is 2. The molecule has 0 fully saturated rings. The minimum Gasteiger partial charge on any atom is -0.397 e. The molecule has 3 N–H and O–H groups in total. The number of hydrogen-bond acceptors (Lipinski definition) is 4. The van der Waals surface area contributed by atoms with Crippen LogP contribution in [-0.4, -0.2) is 31.2 Å². The van der Waals surface area contributed by atoms with Gasteiger partial charge in [0.2, 0.25) is 6.41 Å². The molecule has 1 unspecified atom stereocenters. The quantitative estimate of drug-likeness (QED) is 0.168. The fraction of sp³-hybridized carbons (Fsp3) is 0.129. The first kappa shape index (κ1) is 28.5. The first-order chi connectivity index (χ1) is 17.9. The van der Waals surface area contributed by atoms with E-state index in [1.807, 2.05) is 0 Å². The van der Waals surface area contributed by atoms with Crippen molar-refractivity contribution in [1.29, 1.82) is 0 Å². The first-order valence-electron chi connectivity index (χ1n) is 11.8. The van der Waals surface area contributed by atoms with Gasteiger partial charge in [0.05, 0.1) is 11.4 Å². The summed E-state index contributed by atoms with van der Waals surface area (Å²) in [4.78, 5) is 35.8. The molecule has 3 aromatic carbocycles. The molecule has 0 bridgehead atoms. The Morgan fingerprint density at radius 2 is 1.49 bits per heavy atom. The summed E-state index contributed by atoms with van der Waals surface area (Å²) in [6.07, 6.45) is 5.72. The Labute approximate surface area is 218 Å². The van der Waals surface area contributed by atoms with Crippen LogP contribution in [0.25, 0.3) is 0 Å². The Kier molecular flexibility index (Phi) is 11.8. The lowest BCUT2D eigenvalue weighted by molar-refractivity contribution is -0.127. The van der Waals surface area contributed by atoms with Gasteiger partial charge in [-0.3, -0.25) is 14.5 Å². The number of nitrogens with zero attached hydrogens (tertiary/aromatic N) is 1. The third-order valence-electron chi connectivity index (χ3n) is 5.58. The largest absolute Gasteiger partial charge is 0.397 e. The van der Waals surface area contributed by atoms with Crippen molar-refractivity contribution in [1.82, 2.24) is 5.32 Å². The molecule has 0 aliphatic heterocycles. The van der Waals surface area contributed by atoms with Gasteiger partial charge in [-0.1, -0.05) is 111 Å². The van der Waals surface area contributed by atoms with E-state index in [4.69, 9.17) is 5.73 Å². The van der Waals surface area contributed by atoms with Gasteiger partial charge >= 0.3 is 0 Å². The van der Waals surface area contributed by atoms with Crippen LogP contribution < -0.4 is 16.0 Å². The number of nitrogens with two attached hydrogens (primary N) is 1. The third-order valence-corrected chi connectivity index (χ3v) is 5.58. The second-order valence-electron chi connectivity index (χ2n) is 8.17. The predicted octanol–water partition coefficient (Wildman–Crippen LogP) is 5.05. The molecule has 0 aliphatic rings. The normalized spacial score (nSPS) is 11.1. The highest BCUT2D eigenvalue weighted by atomic mass is 16.2. The van der Waals surface area contributed by atoms with Crippen LogP contribution in [0.1, 0.15) is 24.0 Å². The highest BCUT2D eigenvalue weighted by Crippen LogP contribution is 2.23. The van der Waals surface area contributed by atoms with Gasteiger partial charge in [-0.05, 0) is 28.8 Å². The molecule has 0 heterocycles. The Balaban J connectivity index is 0.000000291. The number of anilines is 2. The monoisotopic (exact) mass is 495 g/mol. The number of carbonyl (C=O) groups excluding carboxylic acids is 3. The molecule has 0 spiro atoms. The Bertz CT molecular complexity index is 1170. The molecule has 190 valence electrons. The number of allylic oxidation sites excluding steroid dienone is 2. The van der Waals surface area contributed by atoms with Gasteiger partial charge in [-0.25, -0.2) is 0 Å². The summed E-state index contributed by atoms with van der Waals surface area (Å²) in [5, 5.41) is 2.55. The Morgan fingerprint density at radius 3 is 1.97 bits per heavy atom. The molecule has 1 atom stereocenters. The molecule has 3 aromatic rings. The number of nitrogen functional groups attached to an aromatic ring is 1. The summed E-state index contributed by atoms with van der Waals surface area (Å²) < 4.78 is 0. The lowest BCUT2D eigenvalue weighted by atomic mass is 9.93. The van der Waals surface area contributed by atoms with Crippen LogP contribution in [0.3, 0.4) is 0 Å². The van der Waals surface area contributed by atoms with Crippen molar-refractivity contribution in [2.45, 2.75) is 18.9 Å². The lowest BCUT2D eigenvalue weighted by Gasteiger charge is -2.24. The Morgan fingerprint density at radius 1 is 0.946 bits per heavy atom. The predicted molar refractivity (Wildman–Crippen MR) is 151 cm³/mol. The van der Waals surface area contributed by atoms with E-state index in [2.05, 4.69) is 86.1 Å². The molecular weight excluding hydrogens is 462 g/mol. The fourth-order valence-corrected chi connectivity index (χ4v) is 3.49. The van der Waals surface area contributed by atoms with Gasteiger partial charge in [0.25, 0.3) is 5.91 Å². The van der Waals surface area contributed by atoms with Crippen molar-refractivity contribution in [2.24, 2.45) is 0 Å². The number of aldehydes is 1. The lowest BCUT2D eigenvalue weighted by Crippen LogP contribution is -2.48. The minimum absolute atomic E-state index is 0.143. The summed E-state index contributed by atoms with van der Waals surface area (Å²) in [5.74, 6) is -0.138. The zero-order chi connectivity index (χ0) is 27.0. The topological polar surface area (TPSA) is 92.5 Å². The summed E-state index contributed by atoms with van der Waals surface area (Å²) in [5.41, 5.74) is 9.74. The standard InChI is InChI=1S/C17H19N3O3.C14H14/c1-3-4-7-13(2)10-19-17(23)16(11-21)20(12-22)15-9-6-5-8-14(15)18;1-12(13-8-4-2-5-9-13)14-10-6-3-7-11-14/h3-9,11-12,16H,1-2,10,18H2,(H,19,23);2-12H,1H3/b7-4-;. The molecule has 37 heavy (non-hydrogen) atoms. The molecule has 0 saturated carbocycles. The van der Waals surface area contributed by atoms with Gasteiger partial charge in [0.1, 0.15) is 0 Å². The van der Waals surface area contributed by atoms with Crippen LogP contribution in [0.15, 0.2) is 122 Å². The molecule has 6 nitrogen and oxygen atoms in total. The van der Waals surface area contributed by atoms with E-state index in [1.54, 1.807) is 42.5 Å². The molecule has 6 heteroatoms. The average Bonchev–Trinajstić information content (AvgIpc) is 2.95. The van der Waals surface area contributed by atoms with E-state index in [9.17, 15) is 14.4 Å². The summed E-state index contributed by atoms with van der Waals surface area (Å²) >= 11 is 0. The zero-order valence-corrected chi connectivity index (χ0v) is 21.0. The number of carbonyl (C=O) groups is 3. The van der Waals surface area contributed by atoms with Gasteiger partial charge in [0, 0.05) is 12.5 Å². The van der Waals surface area contributed by atoms with Crippen LogP contribution in [0.5, 0.6) is 0 Å². The van der Waals surface area contributed by atoms with Crippen molar-refractivity contribution in [2.75, 3.05) is 17.2 Å². The van der Waals surface area contributed by atoms with E-state index >= 15 is 0 Å².